The largest absolute Gasteiger partial charge is 0.462 e. The summed E-state index contributed by atoms with van der Waals surface area (Å²) in [7, 11) is -3.97. The summed E-state index contributed by atoms with van der Waals surface area (Å²) >= 11 is 6.14. The third-order valence-electron chi connectivity index (χ3n) is 3.90. The van der Waals surface area contributed by atoms with E-state index >= 15 is 0 Å². The number of sulfonamides is 1. The summed E-state index contributed by atoms with van der Waals surface area (Å²) in [4.78, 5) is 16.4. The van der Waals surface area contributed by atoms with Crippen LogP contribution in [0.5, 0.6) is 0 Å². The van der Waals surface area contributed by atoms with E-state index in [2.05, 4.69) is 20.1 Å². The maximum absolute atomic E-state index is 13.7. The van der Waals surface area contributed by atoms with Gasteiger partial charge in [0.05, 0.1) is 23.5 Å². The van der Waals surface area contributed by atoms with Crippen LogP contribution >= 0.6 is 11.6 Å². The number of esters is 1. The Labute approximate surface area is 183 Å². The number of nitrogens with zero attached hydrogens (tertiary/aromatic N) is 3. The van der Waals surface area contributed by atoms with E-state index in [-0.39, 0.29) is 39.2 Å². The van der Waals surface area contributed by atoms with E-state index in [9.17, 15) is 17.6 Å². The van der Waals surface area contributed by atoms with Crippen molar-refractivity contribution in [2.24, 2.45) is 0 Å². The lowest BCUT2D eigenvalue weighted by atomic mass is 10.1. The van der Waals surface area contributed by atoms with Crippen LogP contribution in [-0.2, 0) is 14.8 Å². The fourth-order valence-corrected chi connectivity index (χ4v) is 4.40. The smallest absolute Gasteiger partial charge is 0.343 e. The van der Waals surface area contributed by atoms with Crippen molar-refractivity contribution < 1.29 is 22.3 Å². The average Bonchev–Trinajstić information content (AvgIpc) is 3.08. The molecule has 12 heteroatoms. The van der Waals surface area contributed by atoms with Crippen LogP contribution < -0.4 is 10.0 Å². The molecule has 3 rings (SSSR count). The first-order valence-electron chi connectivity index (χ1n) is 9.23. The minimum atomic E-state index is -3.97. The number of anilines is 2. The molecule has 0 spiro atoms. The van der Waals surface area contributed by atoms with E-state index in [1.165, 1.54) is 18.3 Å². The van der Waals surface area contributed by atoms with Gasteiger partial charge in [-0.15, -0.1) is 0 Å². The first kappa shape index (κ1) is 22.9. The van der Waals surface area contributed by atoms with Gasteiger partial charge in [0.2, 0.25) is 10.0 Å². The van der Waals surface area contributed by atoms with Crippen LogP contribution in [0.3, 0.4) is 0 Å². The first-order valence-corrected chi connectivity index (χ1v) is 11.1. The average molecular weight is 470 g/mol. The van der Waals surface area contributed by atoms with E-state index in [0.29, 0.717) is 0 Å². The van der Waals surface area contributed by atoms with Crippen molar-refractivity contribution in [3.05, 3.63) is 47.0 Å². The van der Waals surface area contributed by atoms with E-state index in [0.717, 1.165) is 16.8 Å². The molecule has 31 heavy (non-hydrogen) atoms. The number of aromatic nitrogens is 3. The normalized spacial score (nSPS) is 12.2. The summed E-state index contributed by atoms with van der Waals surface area (Å²) < 4.78 is 48.1. The van der Waals surface area contributed by atoms with Gasteiger partial charge in [-0.25, -0.2) is 27.3 Å². The molecule has 0 aliphatic heterocycles. The molecule has 9 nitrogen and oxygen atoms in total. The molecule has 0 fully saturated rings. The highest BCUT2D eigenvalue weighted by Crippen LogP contribution is 2.30. The molecular weight excluding hydrogens is 449 g/mol. The molecule has 0 unspecified atom stereocenters. The van der Waals surface area contributed by atoms with Crippen molar-refractivity contribution in [2.45, 2.75) is 38.1 Å². The highest BCUT2D eigenvalue weighted by atomic mass is 35.5. The molecular formula is C19H21ClFN5O4S. The van der Waals surface area contributed by atoms with E-state index in [4.69, 9.17) is 16.3 Å². The molecule has 0 bridgehead atoms. The number of hydrogen-bond donors (Lipinski definition) is 2. The van der Waals surface area contributed by atoms with Crippen molar-refractivity contribution in [2.75, 3.05) is 11.9 Å². The van der Waals surface area contributed by atoms with Gasteiger partial charge in [0.1, 0.15) is 16.3 Å². The Hall–Kier alpha value is -2.76. The fraction of sp³-hybridized carbons (Fsp3) is 0.316. The minimum Gasteiger partial charge on any atom is -0.462 e. The lowest BCUT2D eigenvalue weighted by Crippen LogP contribution is -2.40. The molecule has 2 N–H and O–H groups in total. The monoisotopic (exact) mass is 469 g/mol. The molecule has 2 heterocycles. The van der Waals surface area contributed by atoms with Gasteiger partial charge in [0.15, 0.2) is 11.5 Å². The molecule has 0 radical (unpaired) electrons. The van der Waals surface area contributed by atoms with E-state index < -0.39 is 27.3 Å². The van der Waals surface area contributed by atoms with Gasteiger partial charge in [0.25, 0.3) is 0 Å². The van der Waals surface area contributed by atoms with Crippen LogP contribution in [0.15, 0.2) is 35.5 Å². The number of nitrogens with one attached hydrogen (secondary N) is 2. The van der Waals surface area contributed by atoms with Crippen molar-refractivity contribution in [3.8, 4) is 0 Å². The number of hydrogen-bond acceptors (Lipinski definition) is 7. The summed E-state index contributed by atoms with van der Waals surface area (Å²) in [6.45, 7) is 6.83. The lowest BCUT2D eigenvalue weighted by Gasteiger charge is -2.19. The molecule has 3 aromatic rings. The maximum Gasteiger partial charge on any atom is 0.343 e. The number of rotatable bonds is 6. The van der Waals surface area contributed by atoms with Crippen LogP contribution in [0, 0.1) is 5.82 Å². The van der Waals surface area contributed by atoms with Crippen molar-refractivity contribution >= 4 is 44.7 Å². The second-order valence-corrected chi connectivity index (χ2v) is 9.65. The highest BCUT2D eigenvalue weighted by molar-refractivity contribution is 7.89. The fourth-order valence-electron chi connectivity index (χ4n) is 2.76. The number of benzene rings is 1. The van der Waals surface area contributed by atoms with Gasteiger partial charge in [-0.05, 0) is 45.9 Å². The Balaban J connectivity index is 2.21. The third-order valence-corrected chi connectivity index (χ3v) is 5.98. The van der Waals surface area contributed by atoms with Crippen LogP contribution in [-0.4, -0.2) is 41.1 Å². The summed E-state index contributed by atoms with van der Waals surface area (Å²) in [5.74, 6) is -1.26. The molecule has 0 saturated carbocycles. The Morgan fingerprint density at radius 3 is 2.65 bits per heavy atom. The highest BCUT2D eigenvalue weighted by Gasteiger charge is 2.28. The third kappa shape index (κ3) is 4.94. The number of halogens is 2. The number of fused-ring (bicyclic) bond motifs is 1. The van der Waals surface area contributed by atoms with Gasteiger partial charge in [-0.1, -0.05) is 11.6 Å². The predicted molar refractivity (Wildman–Crippen MR) is 114 cm³/mol. The quantitative estimate of drug-likeness (QED) is 0.531. The zero-order valence-corrected chi connectivity index (χ0v) is 18.8. The van der Waals surface area contributed by atoms with Crippen molar-refractivity contribution in [1.29, 1.82) is 0 Å². The predicted octanol–water partition coefficient (Wildman–Crippen LogP) is 3.52. The van der Waals surface area contributed by atoms with Crippen molar-refractivity contribution in [1.82, 2.24) is 19.3 Å². The maximum atomic E-state index is 13.7. The topological polar surface area (TPSA) is 115 Å². The molecule has 0 aliphatic carbocycles. The zero-order valence-electron chi connectivity index (χ0n) is 17.2. The Bertz CT molecular complexity index is 1250. The standard InChI is InChI=1S/C19H21ClFN5O4S/c1-5-30-18(27)12-9-22-17-15(31(28,29)25-19(2,3)4)10-23-26(17)16(12)24-14-8-11(21)6-7-13(14)20/h6-10,24-25H,5H2,1-4H3. The van der Waals surface area contributed by atoms with Gasteiger partial charge in [0, 0.05) is 11.7 Å². The Morgan fingerprint density at radius 1 is 1.29 bits per heavy atom. The van der Waals surface area contributed by atoms with E-state index in [1.54, 1.807) is 27.7 Å². The van der Waals surface area contributed by atoms with Crippen LogP contribution in [0.2, 0.25) is 5.02 Å². The number of ether oxygens (including phenoxy) is 1. The molecule has 0 atom stereocenters. The van der Waals surface area contributed by atoms with E-state index in [1.807, 2.05) is 0 Å². The molecule has 0 aliphatic rings. The molecule has 0 amide bonds. The molecule has 2 aromatic heterocycles. The van der Waals surface area contributed by atoms with Crippen LogP contribution in [0.1, 0.15) is 38.1 Å². The second-order valence-electron chi connectivity index (χ2n) is 7.59. The molecule has 1 aromatic carbocycles. The minimum absolute atomic E-state index is 0.0214. The van der Waals surface area contributed by atoms with Gasteiger partial charge >= 0.3 is 5.97 Å². The number of carbonyl (C=O) groups excluding carboxylic acids is 1. The van der Waals surface area contributed by atoms with Crippen molar-refractivity contribution in [3.63, 3.8) is 0 Å². The van der Waals surface area contributed by atoms with Gasteiger partial charge in [-0.2, -0.15) is 9.61 Å². The van der Waals surface area contributed by atoms with Crippen LogP contribution in [0.25, 0.3) is 5.65 Å². The summed E-state index contributed by atoms with van der Waals surface area (Å²) in [6.07, 6.45) is 2.28. The first-order chi connectivity index (χ1) is 14.4. The zero-order chi connectivity index (χ0) is 23.0. The lowest BCUT2D eigenvalue weighted by molar-refractivity contribution is 0.0526. The molecule has 0 saturated heterocycles. The van der Waals surface area contributed by atoms with Crippen LogP contribution in [0.4, 0.5) is 15.9 Å². The number of carbonyl (C=O) groups is 1. The summed E-state index contributed by atoms with van der Waals surface area (Å²) in [5, 5.41) is 7.12. The van der Waals surface area contributed by atoms with Gasteiger partial charge in [-0.3, -0.25) is 0 Å². The Kier molecular flexibility index (Phi) is 6.21. The summed E-state index contributed by atoms with van der Waals surface area (Å²) in [5.41, 5.74) is -0.675. The Morgan fingerprint density at radius 2 is 2.00 bits per heavy atom. The second kappa shape index (κ2) is 8.40. The summed E-state index contributed by atoms with van der Waals surface area (Å²) in [6, 6.07) is 3.65. The molecule has 166 valence electrons. The van der Waals surface area contributed by atoms with Gasteiger partial charge < -0.3 is 10.1 Å². The SMILES string of the molecule is CCOC(=O)c1cnc2c(S(=O)(=O)NC(C)(C)C)cnn2c1Nc1cc(F)ccc1Cl.